The fourth-order valence-electron chi connectivity index (χ4n) is 3.63. The summed E-state index contributed by atoms with van der Waals surface area (Å²) in [5.74, 6) is -0.587. The van der Waals surface area contributed by atoms with Crippen molar-refractivity contribution in [1.82, 2.24) is 24.0 Å². The highest BCUT2D eigenvalue weighted by Gasteiger charge is 2.23. The number of fused-ring (bicyclic) bond motifs is 1. The van der Waals surface area contributed by atoms with Gasteiger partial charge in [0.25, 0.3) is 11.5 Å². The molecule has 1 amide bonds. The van der Waals surface area contributed by atoms with Gasteiger partial charge in [0.1, 0.15) is 6.54 Å². The minimum atomic E-state index is -0.665. The fourth-order valence-corrected chi connectivity index (χ4v) is 3.63. The molecular weight excluding hydrogens is 366 g/mol. The standard InChI is InChI=1S/C18H25N5O5/c1-11-6-4-5-7-12(11)20-13(24)9-28-14(25)8-23-10-19-16-15(23)17(26)22(3)18(27)21(16)2/h10-12H,4-9H2,1-3H3,(H,20,24). The van der Waals surface area contributed by atoms with Gasteiger partial charge in [-0.05, 0) is 18.8 Å². The molecule has 0 bridgehead atoms. The normalized spacial score (nSPS) is 19.5. The Labute approximate surface area is 161 Å². The molecule has 1 aliphatic rings. The van der Waals surface area contributed by atoms with E-state index >= 15 is 0 Å². The van der Waals surface area contributed by atoms with Gasteiger partial charge < -0.3 is 14.6 Å². The number of amides is 1. The summed E-state index contributed by atoms with van der Waals surface area (Å²) in [7, 11) is 2.85. The lowest BCUT2D eigenvalue weighted by molar-refractivity contribution is -0.149. The summed E-state index contributed by atoms with van der Waals surface area (Å²) >= 11 is 0. The fraction of sp³-hybridized carbons (Fsp3) is 0.611. The lowest BCUT2D eigenvalue weighted by Gasteiger charge is -2.29. The van der Waals surface area contributed by atoms with Crippen LogP contribution in [0.25, 0.3) is 11.2 Å². The number of aryl methyl sites for hydroxylation is 1. The zero-order valence-electron chi connectivity index (χ0n) is 16.3. The lowest BCUT2D eigenvalue weighted by Crippen LogP contribution is -2.43. The van der Waals surface area contributed by atoms with E-state index in [0.717, 1.165) is 23.8 Å². The molecular formula is C18H25N5O5. The number of nitrogens with one attached hydrogen (secondary N) is 1. The molecule has 2 aromatic rings. The summed E-state index contributed by atoms with van der Waals surface area (Å²) in [5.41, 5.74) is -0.738. The summed E-state index contributed by atoms with van der Waals surface area (Å²) in [6, 6.07) is 0.113. The monoisotopic (exact) mass is 391 g/mol. The molecule has 152 valence electrons. The Bertz CT molecular complexity index is 1020. The molecule has 1 fully saturated rings. The average Bonchev–Trinajstić information content (AvgIpc) is 3.08. The molecule has 0 aromatic carbocycles. The van der Waals surface area contributed by atoms with Crippen molar-refractivity contribution in [3.63, 3.8) is 0 Å². The predicted octanol–water partition coefficient (Wildman–Crippen LogP) is -0.328. The van der Waals surface area contributed by atoms with Gasteiger partial charge >= 0.3 is 11.7 Å². The largest absolute Gasteiger partial charge is 0.454 e. The molecule has 2 unspecified atom stereocenters. The second-order valence-electron chi connectivity index (χ2n) is 7.35. The third-order valence-electron chi connectivity index (χ3n) is 5.34. The SMILES string of the molecule is CC1CCCCC1NC(=O)COC(=O)Cn1cnc2c1c(=O)n(C)c(=O)n2C. The van der Waals surface area contributed by atoms with Gasteiger partial charge in [0.05, 0.1) is 6.33 Å². The molecule has 0 aliphatic heterocycles. The summed E-state index contributed by atoms with van der Waals surface area (Å²) in [5, 5.41) is 2.92. The molecule has 2 atom stereocenters. The van der Waals surface area contributed by atoms with Crippen molar-refractivity contribution >= 4 is 23.0 Å². The number of hydrogen-bond acceptors (Lipinski definition) is 6. The van der Waals surface area contributed by atoms with Gasteiger partial charge in [-0.15, -0.1) is 0 Å². The number of carbonyl (C=O) groups is 2. The predicted molar refractivity (Wildman–Crippen MR) is 101 cm³/mol. The van der Waals surface area contributed by atoms with E-state index in [1.165, 1.54) is 36.0 Å². The molecule has 1 N–H and O–H groups in total. The van der Waals surface area contributed by atoms with Crippen LogP contribution in [0.4, 0.5) is 0 Å². The van der Waals surface area contributed by atoms with E-state index in [-0.39, 0.29) is 36.3 Å². The molecule has 1 saturated carbocycles. The third-order valence-corrected chi connectivity index (χ3v) is 5.34. The van der Waals surface area contributed by atoms with Gasteiger partial charge in [-0.1, -0.05) is 19.8 Å². The van der Waals surface area contributed by atoms with Gasteiger partial charge in [0.2, 0.25) is 0 Å². The van der Waals surface area contributed by atoms with Gasteiger partial charge in [-0.2, -0.15) is 0 Å². The van der Waals surface area contributed by atoms with Crippen molar-refractivity contribution < 1.29 is 14.3 Å². The Morgan fingerprint density at radius 3 is 2.64 bits per heavy atom. The van der Waals surface area contributed by atoms with Crippen molar-refractivity contribution in [3.8, 4) is 0 Å². The van der Waals surface area contributed by atoms with E-state index in [9.17, 15) is 19.2 Å². The molecule has 3 rings (SSSR count). The average molecular weight is 391 g/mol. The Kier molecular flexibility index (Phi) is 5.66. The van der Waals surface area contributed by atoms with Gasteiger partial charge in [-0.25, -0.2) is 9.78 Å². The van der Waals surface area contributed by atoms with Crippen molar-refractivity contribution in [2.75, 3.05) is 6.61 Å². The number of ether oxygens (including phenoxy) is 1. The Hall–Kier alpha value is -2.91. The molecule has 0 spiro atoms. The Balaban J connectivity index is 1.63. The van der Waals surface area contributed by atoms with Crippen LogP contribution in [0.15, 0.2) is 15.9 Å². The minimum absolute atomic E-state index is 0.113. The van der Waals surface area contributed by atoms with Crippen LogP contribution in [0.5, 0.6) is 0 Å². The minimum Gasteiger partial charge on any atom is -0.454 e. The van der Waals surface area contributed by atoms with Crippen molar-refractivity contribution in [2.24, 2.45) is 20.0 Å². The molecule has 2 aromatic heterocycles. The van der Waals surface area contributed by atoms with E-state index in [0.29, 0.717) is 5.92 Å². The maximum Gasteiger partial charge on any atom is 0.332 e. The van der Waals surface area contributed by atoms with E-state index in [4.69, 9.17) is 4.74 Å². The molecule has 0 radical (unpaired) electrons. The molecule has 28 heavy (non-hydrogen) atoms. The topological polar surface area (TPSA) is 117 Å². The van der Waals surface area contributed by atoms with Crippen LogP contribution in [-0.4, -0.2) is 43.2 Å². The second kappa shape index (κ2) is 7.99. The van der Waals surface area contributed by atoms with Crippen molar-refractivity contribution in [1.29, 1.82) is 0 Å². The van der Waals surface area contributed by atoms with Crippen LogP contribution >= 0.6 is 0 Å². The lowest BCUT2D eigenvalue weighted by atomic mass is 9.86. The smallest absolute Gasteiger partial charge is 0.332 e. The highest BCUT2D eigenvalue weighted by atomic mass is 16.5. The second-order valence-corrected chi connectivity index (χ2v) is 7.35. The van der Waals surface area contributed by atoms with Gasteiger partial charge in [-0.3, -0.25) is 23.5 Å². The quantitative estimate of drug-likeness (QED) is 0.698. The number of imidazole rings is 1. The first-order chi connectivity index (χ1) is 13.3. The summed E-state index contributed by atoms with van der Waals surface area (Å²) < 4.78 is 8.55. The van der Waals surface area contributed by atoms with Crippen LogP contribution in [0.2, 0.25) is 0 Å². The number of carbonyl (C=O) groups excluding carboxylic acids is 2. The molecule has 10 nitrogen and oxygen atoms in total. The van der Waals surface area contributed by atoms with Crippen molar-refractivity contribution in [2.45, 2.75) is 45.2 Å². The summed E-state index contributed by atoms with van der Waals surface area (Å²) in [6.45, 7) is 1.45. The van der Waals surface area contributed by atoms with Crippen LogP contribution in [0.3, 0.4) is 0 Å². The molecule has 1 aliphatic carbocycles. The maximum absolute atomic E-state index is 12.4. The first-order valence-electron chi connectivity index (χ1n) is 9.35. The number of rotatable bonds is 5. The van der Waals surface area contributed by atoms with E-state index in [2.05, 4.69) is 17.2 Å². The first kappa shape index (κ1) is 19.8. The summed E-state index contributed by atoms with van der Waals surface area (Å²) in [4.78, 5) is 52.5. The van der Waals surface area contributed by atoms with E-state index < -0.39 is 17.2 Å². The van der Waals surface area contributed by atoms with Crippen LogP contribution in [0.1, 0.15) is 32.6 Å². The van der Waals surface area contributed by atoms with Gasteiger partial charge in [0.15, 0.2) is 17.8 Å². The number of hydrogen-bond donors (Lipinski definition) is 1. The van der Waals surface area contributed by atoms with Crippen LogP contribution in [-0.2, 0) is 35.0 Å². The summed E-state index contributed by atoms with van der Waals surface area (Å²) in [6.07, 6.45) is 5.57. The zero-order valence-corrected chi connectivity index (χ0v) is 16.3. The number of esters is 1. The molecule has 10 heteroatoms. The zero-order chi connectivity index (χ0) is 20.4. The van der Waals surface area contributed by atoms with Crippen LogP contribution < -0.4 is 16.6 Å². The molecule has 2 heterocycles. The maximum atomic E-state index is 12.4. The van der Waals surface area contributed by atoms with Crippen LogP contribution in [0, 0.1) is 5.92 Å². The number of aromatic nitrogens is 4. The molecule has 0 saturated heterocycles. The highest BCUT2D eigenvalue weighted by Crippen LogP contribution is 2.23. The van der Waals surface area contributed by atoms with E-state index in [1.54, 1.807) is 0 Å². The first-order valence-corrected chi connectivity index (χ1v) is 9.35. The Morgan fingerprint density at radius 1 is 1.21 bits per heavy atom. The highest BCUT2D eigenvalue weighted by molar-refractivity contribution is 5.81. The van der Waals surface area contributed by atoms with E-state index in [1.807, 2.05) is 0 Å². The third kappa shape index (κ3) is 3.85. The Morgan fingerprint density at radius 2 is 1.93 bits per heavy atom. The van der Waals surface area contributed by atoms with Gasteiger partial charge in [0, 0.05) is 20.1 Å². The number of nitrogens with zero attached hydrogens (tertiary/aromatic N) is 4. The van der Waals surface area contributed by atoms with Crippen molar-refractivity contribution in [3.05, 3.63) is 27.2 Å².